The van der Waals surface area contributed by atoms with Gasteiger partial charge in [0.05, 0.1) is 0 Å². The number of nitrogens with one attached hydrogen (secondary N) is 1. The lowest BCUT2D eigenvalue weighted by atomic mass is 9.87. The molecular weight excluding hydrogens is 314 g/mol. The Labute approximate surface area is 151 Å². The summed E-state index contributed by atoms with van der Waals surface area (Å²) in [5, 5.41) is 2.84. The summed E-state index contributed by atoms with van der Waals surface area (Å²) < 4.78 is 0. The van der Waals surface area contributed by atoms with Crippen LogP contribution < -0.4 is 11.1 Å². The second kappa shape index (κ2) is 8.48. The van der Waals surface area contributed by atoms with Crippen LogP contribution in [0.2, 0.25) is 0 Å². The maximum Gasteiger partial charge on any atom is 0.251 e. The minimum atomic E-state index is -0.130. The van der Waals surface area contributed by atoms with Gasteiger partial charge in [0.25, 0.3) is 5.91 Å². The fourth-order valence-corrected chi connectivity index (χ4v) is 3.08. The predicted octanol–water partition coefficient (Wildman–Crippen LogP) is 2.30. The van der Waals surface area contributed by atoms with Crippen LogP contribution in [-0.2, 0) is 10.2 Å². The number of amides is 2. The Morgan fingerprint density at radius 1 is 1.16 bits per heavy atom. The fraction of sp³-hybridized carbons (Fsp3) is 0.600. The van der Waals surface area contributed by atoms with Crippen LogP contribution in [0.25, 0.3) is 0 Å². The number of likely N-dealkylation sites (tertiary alicyclic amines) is 1. The zero-order chi connectivity index (χ0) is 18.4. The van der Waals surface area contributed by atoms with E-state index in [0.717, 1.165) is 25.9 Å². The number of carbonyl (C=O) groups excluding carboxylic acids is 2. The molecule has 1 aliphatic rings. The second-order valence-corrected chi connectivity index (χ2v) is 7.89. The molecule has 2 rings (SSSR count). The summed E-state index contributed by atoms with van der Waals surface area (Å²) in [6.07, 6.45) is 2.31. The van der Waals surface area contributed by atoms with Gasteiger partial charge in [0.2, 0.25) is 5.91 Å². The van der Waals surface area contributed by atoms with Crippen LogP contribution in [0.5, 0.6) is 0 Å². The van der Waals surface area contributed by atoms with E-state index in [1.165, 1.54) is 5.56 Å². The van der Waals surface area contributed by atoms with Gasteiger partial charge >= 0.3 is 0 Å². The molecule has 0 atom stereocenters. The van der Waals surface area contributed by atoms with Crippen LogP contribution in [0.1, 0.15) is 56.0 Å². The van der Waals surface area contributed by atoms with E-state index in [0.29, 0.717) is 31.0 Å². The van der Waals surface area contributed by atoms with Gasteiger partial charge in [-0.05, 0) is 48.4 Å². The Morgan fingerprint density at radius 2 is 1.76 bits per heavy atom. The van der Waals surface area contributed by atoms with Gasteiger partial charge in [-0.3, -0.25) is 9.59 Å². The molecule has 0 radical (unpaired) electrons. The third-order valence-corrected chi connectivity index (χ3v) is 4.94. The highest BCUT2D eigenvalue weighted by atomic mass is 16.2. The van der Waals surface area contributed by atoms with Crippen molar-refractivity contribution < 1.29 is 9.59 Å². The average Bonchev–Trinajstić information content (AvgIpc) is 2.61. The highest BCUT2D eigenvalue weighted by Crippen LogP contribution is 2.22. The number of benzene rings is 1. The van der Waals surface area contributed by atoms with E-state index in [9.17, 15) is 9.59 Å². The number of nitrogens with two attached hydrogens (primary N) is 1. The molecule has 0 aromatic heterocycles. The molecule has 0 bridgehead atoms. The van der Waals surface area contributed by atoms with Crippen molar-refractivity contribution in [3.05, 3.63) is 35.4 Å². The maximum absolute atomic E-state index is 12.2. The number of rotatable bonds is 5. The minimum Gasteiger partial charge on any atom is -0.352 e. The Bertz CT molecular complexity index is 582. The molecule has 1 aromatic carbocycles. The van der Waals surface area contributed by atoms with E-state index < -0.39 is 0 Å². The zero-order valence-corrected chi connectivity index (χ0v) is 15.7. The van der Waals surface area contributed by atoms with E-state index in [1.807, 2.05) is 29.2 Å². The van der Waals surface area contributed by atoms with Gasteiger partial charge in [0, 0.05) is 31.6 Å². The van der Waals surface area contributed by atoms with Crippen molar-refractivity contribution in [2.24, 2.45) is 11.7 Å². The van der Waals surface area contributed by atoms with Crippen molar-refractivity contribution in [1.29, 1.82) is 0 Å². The number of carbonyl (C=O) groups is 2. The summed E-state index contributed by atoms with van der Waals surface area (Å²) in [6.45, 7) is 9.06. The van der Waals surface area contributed by atoms with Crippen molar-refractivity contribution in [3.8, 4) is 0 Å². The standard InChI is InChI=1S/C20H31N3O2/c1-20(2,3)17-6-4-16(5-7-17)19(25)22-11-8-18(24)23-12-9-15(14-21)10-13-23/h4-7,15H,8-14,21H2,1-3H3,(H,22,25). The van der Waals surface area contributed by atoms with Crippen molar-refractivity contribution in [1.82, 2.24) is 10.2 Å². The minimum absolute atomic E-state index is 0.0682. The van der Waals surface area contributed by atoms with E-state index in [4.69, 9.17) is 5.73 Å². The Morgan fingerprint density at radius 3 is 2.28 bits per heavy atom. The Hall–Kier alpha value is -1.88. The molecular formula is C20H31N3O2. The molecule has 5 heteroatoms. The zero-order valence-electron chi connectivity index (χ0n) is 15.7. The van der Waals surface area contributed by atoms with Gasteiger partial charge in [-0.15, -0.1) is 0 Å². The van der Waals surface area contributed by atoms with Gasteiger partial charge in [-0.25, -0.2) is 0 Å². The Kier molecular flexibility index (Phi) is 6.59. The topological polar surface area (TPSA) is 75.4 Å². The molecule has 5 nitrogen and oxygen atoms in total. The van der Waals surface area contributed by atoms with E-state index in [1.54, 1.807) is 0 Å². The molecule has 0 aliphatic carbocycles. The number of piperidine rings is 1. The van der Waals surface area contributed by atoms with Gasteiger partial charge in [-0.2, -0.15) is 0 Å². The quantitative estimate of drug-likeness (QED) is 0.860. The molecule has 1 heterocycles. The number of hydrogen-bond donors (Lipinski definition) is 2. The normalized spacial score (nSPS) is 15.9. The molecule has 2 amide bonds. The first-order valence-corrected chi connectivity index (χ1v) is 9.18. The smallest absolute Gasteiger partial charge is 0.251 e. The lowest BCUT2D eigenvalue weighted by Crippen LogP contribution is -2.41. The van der Waals surface area contributed by atoms with Crippen LogP contribution in [0.15, 0.2) is 24.3 Å². The van der Waals surface area contributed by atoms with Crippen LogP contribution in [-0.4, -0.2) is 42.9 Å². The molecule has 138 valence electrons. The van der Waals surface area contributed by atoms with Crippen molar-refractivity contribution in [3.63, 3.8) is 0 Å². The summed E-state index contributed by atoms with van der Waals surface area (Å²) in [4.78, 5) is 26.3. The molecule has 0 spiro atoms. The van der Waals surface area contributed by atoms with Crippen LogP contribution in [0.3, 0.4) is 0 Å². The van der Waals surface area contributed by atoms with Crippen LogP contribution >= 0.6 is 0 Å². The SMILES string of the molecule is CC(C)(C)c1ccc(C(=O)NCCC(=O)N2CCC(CN)CC2)cc1. The van der Waals surface area contributed by atoms with Gasteiger partial charge < -0.3 is 16.0 Å². The first-order valence-electron chi connectivity index (χ1n) is 9.18. The van der Waals surface area contributed by atoms with Crippen LogP contribution in [0, 0.1) is 5.92 Å². The molecule has 0 unspecified atom stereocenters. The molecule has 1 aliphatic heterocycles. The third-order valence-electron chi connectivity index (χ3n) is 4.94. The summed E-state index contributed by atoms with van der Waals surface area (Å²) >= 11 is 0. The second-order valence-electron chi connectivity index (χ2n) is 7.89. The van der Waals surface area contributed by atoms with Gasteiger partial charge in [-0.1, -0.05) is 32.9 Å². The average molecular weight is 345 g/mol. The summed E-state index contributed by atoms with van der Waals surface area (Å²) in [6, 6.07) is 7.66. The highest BCUT2D eigenvalue weighted by molar-refractivity contribution is 5.94. The maximum atomic E-state index is 12.2. The molecule has 3 N–H and O–H groups in total. The lowest BCUT2D eigenvalue weighted by molar-refractivity contribution is -0.132. The summed E-state index contributed by atoms with van der Waals surface area (Å²) in [5.74, 6) is 0.522. The van der Waals surface area contributed by atoms with E-state index >= 15 is 0 Å². The molecule has 1 fully saturated rings. The molecule has 1 aromatic rings. The summed E-state index contributed by atoms with van der Waals surface area (Å²) in [7, 11) is 0. The first kappa shape index (κ1) is 19.4. The van der Waals surface area contributed by atoms with Crippen LogP contribution in [0.4, 0.5) is 0 Å². The number of hydrogen-bond acceptors (Lipinski definition) is 3. The number of nitrogens with zero attached hydrogens (tertiary/aromatic N) is 1. The van der Waals surface area contributed by atoms with Gasteiger partial charge in [0.1, 0.15) is 0 Å². The third kappa shape index (κ3) is 5.56. The highest BCUT2D eigenvalue weighted by Gasteiger charge is 2.21. The molecule has 1 saturated heterocycles. The van der Waals surface area contributed by atoms with E-state index in [-0.39, 0.29) is 17.2 Å². The fourth-order valence-electron chi connectivity index (χ4n) is 3.08. The van der Waals surface area contributed by atoms with E-state index in [2.05, 4.69) is 26.1 Å². The van der Waals surface area contributed by atoms with Gasteiger partial charge in [0.15, 0.2) is 0 Å². The molecule has 0 saturated carbocycles. The summed E-state index contributed by atoms with van der Waals surface area (Å²) in [5.41, 5.74) is 7.57. The van der Waals surface area contributed by atoms with Crippen molar-refractivity contribution in [2.75, 3.05) is 26.2 Å². The van der Waals surface area contributed by atoms with Crippen molar-refractivity contribution in [2.45, 2.75) is 45.4 Å². The first-order chi connectivity index (χ1) is 11.8. The monoisotopic (exact) mass is 345 g/mol. The lowest BCUT2D eigenvalue weighted by Gasteiger charge is -2.31. The largest absolute Gasteiger partial charge is 0.352 e. The Balaban J connectivity index is 1.76. The predicted molar refractivity (Wildman–Crippen MR) is 100 cm³/mol. The van der Waals surface area contributed by atoms with Crippen molar-refractivity contribution >= 4 is 11.8 Å². The molecule has 25 heavy (non-hydrogen) atoms.